The molecule has 2 aromatic carbocycles. The molecule has 0 amide bonds. The van der Waals surface area contributed by atoms with Crippen LogP contribution in [-0.4, -0.2) is 17.4 Å². The van der Waals surface area contributed by atoms with E-state index in [2.05, 4.69) is 0 Å². The van der Waals surface area contributed by atoms with E-state index in [1.165, 1.54) is 0 Å². The van der Waals surface area contributed by atoms with E-state index in [9.17, 15) is 9.59 Å². The van der Waals surface area contributed by atoms with Crippen molar-refractivity contribution in [1.82, 2.24) is 0 Å². The summed E-state index contributed by atoms with van der Waals surface area (Å²) in [4.78, 5) is 25.8. The third kappa shape index (κ3) is 3.04. The van der Waals surface area contributed by atoms with Gasteiger partial charge < -0.3 is 4.74 Å². The third-order valence-corrected chi connectivity index (χ3v) is 6.06. The molecule has 0 bridgehead atoms. The highest BCUT2D eigenvalue weighted by atomic mass is 35.5. The largest absolute Gasteiger partial charge is 0.458 e. The molecule has 3 rings (SSSR count). The van der Waals surface area contributed by atoms with E-state index < -0.39 is 22.9 Å². The highest BCUT2D eigenvalue weighted by molar-refractivity contribution is 6.32. The Morgan fingerprint density at radius 1 is 0.885 bits per heavy atom. The number of Topliss-reactive ketones (excluding diaryl/α,β-unsaturated/α-hetero) is 1. The quantitative estimate of drug-likeness (QED) is 0.489. The molecule has 3 nitrogen and oxygen atoms in total. The lowest BCUT2D eigenvalue weighted by molar-refractivity contribution is -0.186. The van der Waals surface area contributed by atoms with Crippen LogP contribution in [0.1, 0.15) is 39.2 Å². The van der Waals surface area contributed by atoms with Crippen LogP contribution in [0.5, 0.6) is 0 Å². The predicted octanol–water partition coefficient (Wildman–Crippen LogP) is 5.67. The van der Waals surface area contributed by atoms with Crippen LogP contribution in [0, 0.1) is 5.41 Å². The Labute approximate surface area is 163 Å². The fourth-order valence-corrected chi connectivity index (χ4v) is 3.41. The van der Waals surface area contributed by atoms with E-state index in [1.54, 1.807) is 52.0 Å². The number of esters is 1. The summed E-state index contributed by atoms with van der Waals surface area (Å²) < 4.78 is 5.61. The van der Waals surface area contributed by atoms with Gasteiger partial charge in [0.1, 0.15) is 11.5 Å². The Balaban J connectivity index is 2.09. The zero-order valence-corrected chi connectivity index (χ0v) is 16.6. The van der Waals surface area contributed by atoms with Gasteiger partial charge in [-0.3, -0.25) is 9.59 Å². The summed E-state index contributed by atoms with van der Waals surface area (Å²) in [6.07, 6.45) is 0. The van der Waals surface area contributed by atoms with Crippen molar-refractivity contribution in [1.29, 1.82) is 0 Å². The standard InChI is InChI=1S/C21H20Cl2O3/c1-20(2)18(24)17(19(25)26-21(20,3)4)15-11-13(7-10-16(15)23)12-5-8-14(22)9-6-12/h5-11,17H,1-4H3. The van der Waals surface area contributed by atoms with Crippen LogP contribution in [0.3, 0.4) is 0 Å². The van der Waals surface area contributed by atoms with E-state index in [0.29, 0.717) is 15.6 Å². The second-order valence-corrected chi connectivity index (χ2v) is 8.44. The van der Waals surface area contributed by atoms with E-state index >= 15 is 0 Å². The first kappa shape index (κ1) is 18.9. The number of benzene rings is 2. The summed E-state index contributed by atoms with van der Waals surface area (Å²) in [5.41, 5.74) is 0.536. The van der Waals surface area contributed by atoms with Crippen molar-refractivity contribution < 1.29 is 14.3 Å². The molecular formula is C21H20Cl2O3. The van der Waals surface area contributed by atoms with Crippen molar-refractivity contribution in [3.05, 3.63) is 58.1 Å². The summed E-state index contributed by atoms with van der Waals surface area (Å²) in [5.74, 6) is -1.78. The van der Waals surface area contributed by atoms with Crippen molar-refractivity contribution >= 4 is 35.0 Å². The highest BCUT2D eigenvalue weighted by Gasteiger charge is 2.56. The van der Waals surface area contributed by atoms with Gasteiger partial charge in [-0.25, -0.2) is 0 Å². The zero-order valence-electron chi connectivity index (χ0n) is 15.1. The van der Waals surface area contributed by atoms with Gasteiger partial charge in [0.15, 0.2) is 5.78 Å². The van der Waals surface area contributed by atoms with Gasteiger partial charge in [0.05, 0.1) is 5.41 Å². The number of ketones is 1. The van der Waals surface area contributed by atoms with Crippen LogP contribution in [-0.2, 0) is 14.3 Å². The topological polar surface area (TPSA) is 43.4 Å². The monoisotopic (exact) mass is 390 g/mol. The second kappa shape index (κ2) is 6.40. The SMILES string of the molecule is CC1(C)OC(=O)C(c2cc(-c3ccc(Cl)cc3)ccc2Cl)C(=O)C1(C)C. The lowest BCUT2D eigenvalue weighted by atomic mass is 9.66. The molecule has 0 aliphatic carbocycles. The maximum Gasteiger partial charge on any atom is 0.321 e. The highest BCUT2D eigenvalue weighted by Crippen LogP contribution is 2.46. The van der Waals surface area contributed by atoms with E-state index in [1.807, 2.05) is 18.2 Å². The molecule has 2 aromatic rings. The minimum atomic E-state index is -1.03. The van der Waals surface area contributed by atoms with Crippen LogP contribution in [0.25, 0.3) is 11.1 Å². The van der Waals surface area contributed by atoms with Crippen molar-refractivity contribution in [3.8, 4) is 11.1 Å². The van der Waals surface area contributed by atoms with Crippen LogP contribution in [0.15, 0.2) is 42.5 Å². The normalized spacial score (nSPS) is 21.4. The summed E-state index contributed by atoms with van der Waals surface area (Å²) in [5, 5.41) is 1.01. The van der Waals surface area contributed by atoms with Crippen molar-refractivity contribution in [3.63, 3.8) is 0 Å². The van der Waals surface area contributed by atoms with Crippen LogP contribution in [0.2, 0.25) is 10.0 Å². The number of hydrogen-bond donors (Lipinski definition) is 0. The Hall–Kier alpha value is -1.84. The first-order chi connectivity index (χ1) is 12.0. The molecule has 1 atom stereocenters. The molecule has 0 radical (unpaired) electrons. The number of ether oxygens (including phenoxy) is 1. The number of carbonyl (C=O) groups excluding carboxylic acids is 2. The number of cyclic esters (lactones) is 1. The number of hydrogen-bond acceptors (Lipinski definition) is 3. The molecular weight excluding hydrogens is 371 g/mol. The molecule has 1 fully saturated rings. The fourth-order valence-electron chi connectivity index (χ4n) is 3.06. The van der Waals surface area contributed by atoms with E-state index in [4.69, 9.17) is 27.9 Å². The van der Waals surface area contributed by atoms with Gasteiger partial charge in [0.2, 0.25) is 0 Å². The zero-order chi connectivity index (χ0) is 19.3. The molecule has 1 heterocycles. The molecule has 0 spiro atoms. The van der Waals surface area contributed by atoms with Crippen LogP contribution in [0.4, 0.5) is 0 Å². The summed E-state index contributed by atoms with van der Waals surface area (Å²) in [6.45, 7) is 7.10. The average Bonchev–Trinajstić information content (AvgIpc) is 2.55. The molecule has 1 unspecified atom stereocenters. The Kier molecular flexibility index (Phi) is 4.66. The lowest BCUT2D eigenvalue weighted by Crippen LogP contribution is -2.56. The minimum absolute atomic E-state index is 0.186. The van der Waals surface area contributed by atoms with Crippen molar-refractivity contribution in [2.75, 3.05) is 0 Å². The predicted molar refractivity (Wildman–Crippen MR) is 104 cm³/mol. The lowest BCUT2D eigenvalue weighted by Gasteiger charge is -2.45. The molecule has 1 aliphatic rings. The van der Waals surface area contributed by atoms with E-state index in [-0.39, 0.29) is 5.78 Å². The first-order valence-corrected chi connectivity index (χ1v) is 9.13. The molecule has 0 saturated carbocycles. The van der Waals surface area contributed by atoms with Gasteiger partial charge in [-0.05, 0) is 68.7 Å². The summed E-state index contributed by atoms with van der Waals surface area (Å²) in [6, 6.07) is 12.7. The smallest absolute Gasteiger partial charge is 0.321 e. The van der Waals surface area contributed by atoms with Gasteiger partial charge in [0, 0.05) is 10.0 Å². The Bertz CT molecular complexity index is 883. The maximum atomic E-state index is 13.1. The summed E-state index contributed by atoms with van der Waals surface area (Å²) >= 11 is 12.3. The fraction of sp³-hybridized carbons (Fsp3) is 0.333. The number of rotatable bonds is 2. The van der Waals surface area contributed by atoms with E-state index in [0.717, 1.165) is 11.1 Å². The Morgan fingerprint density at radius 3 is 2.08 bits per heavy atom. The van der Waals surface area contributed by atoms with Gasteiger partial charge in [-0.15, -0.1) is 0 Å². The van der Waals surface area contributed by atoms with Gasteiger partial charge in [-0.1, -0.05) is 41.4 Å². The molecule has 0 N–H and O–H groups in total. The van der Waals surface area contributed by atoms with Crippen LogP contribution >= 0.6 is 23.2 Å². The molecule has 26 heavy (non-hydrogen) atoms. The second-order valence-electron chi connectivity index (χ2n) is 7.60. The average molecular weight is 391 g/mol. The molecule has 5 heteroatoms. The summed E-state index contributed by atoms with van der Waals surface area (Å²) in [7, 11) is 0. The Morgan fingerprint density at radius 2 is 1.46 bits per heavy atom. The number of halogens is 2. The first-order valence-electron chi connectivity index (χ1n) is 8.37. The van der Waals surface area contributed by atoms with Crippen molar-refractivity contribution in [2.45, 2.75) is 39.2 Å². The van der Waals surface area contributed by atoms with Crippen LogP contribution < -0.4 is 0 Å². The van der Waals surface area contributed by atoms with Gasteiger partial charge in [0.25, 0.3) is 0 Å². The minimum Gasteiger partial charge on any atom is -0.458 e. The van der Waals surface area contributed by atoms with Crippen molar-refractivity contribution in [2.24, 2.45) is 5.41 Å². The molecule has 136 valence electrons. The van der Waals surface area contributed by atoms with Gasteiger partial charge >= 0.3 is 5.97 Å². The molecule has 0 aromatic heterocycles. The molecule has 1 aliphatic heterocycles. The number of carbonyl (C=O) groups is 2. The maximum absolute atomic E-state index is 13.1. The molecule has 1 saturated heterocycles. The third-order valence-electron chi connectivity index (χ3n) is 5.46. The van der Waals surface area contributed by atoms with Gasteiger partial charge in [-0.2, -0.15) is 0 Å².